The van der Waals surface area contributed by atoms with E-state index in [1.54, 1.807) is 0 Å². The molecule has 3 nitrogen and oxygen atoms in total. The van der Waals surface area contributed by atoms with Gasteiger partial charge >= 0.3 is 0 Å². The summed E-state index contributed by atoms with van der Waals surface area (Å²) in [5, 5.41) is 8.00. The van der Waals surface area contributed by atoms with Crippen LogP contribution >= 0.6 is 15.9 Å². The van der Waals surface area contributed by atoms with E-state index < -0.39 is 0 Å². The Morgan fingerprint density at radius 3 is 2.61 bits per heavy atom. The van der Waals surface area contributed by atoms with Crippen LogP contribution in [0.2, 0.25) is 0 Å². The van der Waals surface area contributed by atoms with E-state index >= 15 is 0 Å². The fourth-order valence-corrected chi connectivity index (χ4v) is 2.84. The molecule has 0 aliphatic carbocycles. The molecule has 104 valence electrons. The number of aromatic nitrogens is 2. The summed E-state index contributed by atoms with van der Waals surface area (Å²) in [4.78, 5) is 0. The van der Waals surface area contributed by atoms with Crippen LogP contribution in [0.15, 0.2) is 4.47 Å². The molecule has 1 aromatic heterocycles. The molecule has 0 radical (unpaired) electrons. The number of hydrogen-bond acceptors (Lipinski definition) is 2. The summed E-state index contributed by atoms with van der Waals surface area (Å²) in [7, 11) is 2.04. The second kappa shape index (κ2) is 7.95. The largest absolute Gasteiger partial charge is 0.316 e. The highest BCUT2D eigenvalue weighted by atomic mass is 79.9. The first kappa shape index (κ1) is 15.7. The first-order valence-corrected chi connectivity index (χ1v) is 7.76. The minimum absolute atomic E-state index is 0.739. The van der Waals surface area contributed by atoms with Gasteiger partial charge in [-0.25, -0.2) is 0 Å². The molecule has 1 aromatic rings. The van der Waals surface area contributed by atoms with E-state index in [9.17, 15) is 0 Å². The summed E-state index contributed by atoms with van der Waals surface area (Å²) in [6, 6.07) is 0. The molecule has 1 rings (SSSR count). The summed E-state index contributed by atoms with van der Waals surface area (Å²) in [6.07, 6.45) is 4.54. The Hall–Kier alpha value is -0.350. The van der Waals surface area contributed by atoms with Crippen LogP contribution in [0.3, 0.4) is 0 Å². The van der Waals surface area contributed by atoms with Crippen molar-refractivity contribution in [3.8, 4) is 0 Å². The number of hydrogen-bond donors (Lipinski definition) is 1. The van der Waals surface area contributed by atoms with Crippen LogP contribution in [0.1, 0.15) is 45.0 Å². The predicted molar refractivity (Wildman–Crippen MR) is 80.9 cm³/mol. The van der Waals surface area contributed by atoms with Gasteiger partial charge in [0.05, 0.1) is 15.9 Å². The van der Waals surface area contributed by atoms with Gasteiger partial charge in [-0.05, 0) is 60.6 Å². The van der Waals surface area contributed by atoms with Crippen molar-refractivity contribution in [2.24, 2.45) is 13.0 Å². The average molecular weight is 316 g/mol. The van der Waals surface area contributed by atoms with Crippen LogP contribution in [0.5, 0.6) is 0 Å². The van der Waals surface area contributed by atoms with E-state index in [2.05, 4.69) is 47.1 Å². The molecular weight excluding hydrogens is 290 g/mol. The van der Waals surface area contributed by atoms with Crippen LogP contribution in [0.4, 0.5) is 0 Å². The van der Waals surface area contributed by atoms with Crippen molar-refractivity contribution in [2.75, 3.05) is 13.1 Å². The lowest BCUT2D eigenvalue weighted by Crippen LogP contribution is -2.20. The van der Waals surface area contributed by atoms with Gasteiger partial charge in [0.1, 0.15) is 0 Å². The molecule has 0 aliphatic rings. The zero-order valence-electron chi connectivity index (χ0n) is 12.1. The van der Waals surface area contributed by atoms with Crippen molar-refractivity contribution >= 4 is 15.9 Å². The lowest BCUT2D eigenvalue weighted by molar-refractivity contribution is 0.532. The zero-order valence-corrected chi connectivity index (χ0v) is 13.7. The van der Waals surface area contributed by atoms with Gasteiger partial charge in [-0.15, -0.1) is 0 Å². The van der Waals surface area contributed by atoms with Gasteiger partial charge in [0.2, 0.25) is 0 Å². The summed E-state index contributed by atoms with van der Waals surface area (Å²) < 4.78 is 3.23. The van der Waals surface area contributed by atoms with Crippen molar-refractivity contribution in [1.82, 2.24) is 15.1 Å². The zero-order chi connectivity index (χ0) is 13.5. The summed E-state index contributed by atoms with van der Waals surface area (Å²) in [5.74, 6) is 0.739. The Bertz CT molecular complexity index is 358. The maximum atomic E-state index is 4.52. The number of nitrogens with one attached hydrogen (secondary N) is 1. The number of nitrogens with zero attached hydrogens (tertiary/aromatic N) is 2. The molecule has 0 atom stereocenters. The van der Waals surface area contributed by atoms with Crippen molar-refractivity contribution in [2.45, 2.75) is 46.5 Å². The number of halogens is 1. The lowest BCUT2D eigenvalue weighted by Gasteiger charge is -2.07. The molecule has 18 heavy (non-hydrogen) atoms. The third kappa shape index (κ3) is 4.73. The molecule has 1 N–H and O–H groups in total. The van der Waals surface area contributed by atoms with Crippen LogP contribution in [0.25, 0.3) is 0 Å². The van der Waals surface area contributed by atoms with E-state index in [0.717, 1.165) is 31.8 Å². The molecule has 0 bridgehead atoms. The Morgan fingerprint density at radius 2 is 2.06 bits per heavy atom. The van der Waals surface area contributed by atoms with Crippen LogP contribution in [0, 0.1) is 5.92 Å². The topological polar surface area (TPSA) is 29.9 Å². The molecule has 0 fully saturated rings. The molecule has 0 saturated carbocycles. The summed E-state index contributed by atoms with van der Waals surface area (Å²) >= 11 is 3.67. The van der Waals surface area contributed by atoms with Gasteiger partial charge in [-0.2, -0.15) is 5.10 Å². The third-order valence-corrected chi connectivity index (χ3v) is 3.99. The fraction of sp³-hybridized carbons (Fsp3) is 0.786. The fourth-order valence-electron chi connectivity index (χ4n) is 2.02. The van der Waals surface area contributed by atoms with Gasteiger partial charge in [-0.3, -0.25) is 4.68 Å². The summed E-state index contributed by atoms with van der Waals surface area (Å²) in [5.41, 5.74) is 2.50. The quantitative estimate of drug-likeness (QED) is 0.746. The van der Waals surface area contributed by atoms with Crippen molar-refractivity contribution < 1.29 is 0 Å². The van der Waals surface area contributed by atoms with E-state index in [4.69, 9.17) is 0 Å². The Kier molecular flexibility index (Phi) is 6.94. The first-order valence-electron chi connectivity index (χ1n) is 6.97. The minimum atomic E-state index is 0.739. The molecule has 4 heteroatoms. The van der Waals surface area contributed by atoms with E-state index in [-0.39, 0.29) is 0 Å². The smallest absolute Gasteiger partial charge is 0.0766 e. The third-order valence-electron chi connectivity index (χ3n) is 3.07. The average Bonchev–Trinajstić information content (AvgIpc) is 2.59. The van der Waals surface area contributed by atoms with Gasteiger partial charge in [0, 0.05) is 7.05 Å². The summed E-state index contributed by atoms with van der Waals surface area (Å²) in [6.45, 7) is 8.87. The van der Waals surface area contributed by atoms with Gasteiger partial charge in [-0.1, -0.05) is 20.8 Å². The standard InChI is InChI=1S/C14H26BrN3/c1-5-12-14(15)13(18(4)17-12)8-6-7-9-16-10-11(2)3/h11,16H,5-10H2,1-4H3. The molecule has 0 unspecified atom stereocenters. The van der Waals surface area contributed by atoms with Crippen molar-refractivity contribution in [3.63, 3.8) is 0 Å². The van der Waals surface area contributed by atoms with Gasteiger partial charge in [0.15, 0.2) is 0 Å². The first-order chi connectivity index (χ1) is 8.56. The van der Waals surface area contributed by atoms with Gasteiger partial charge < -0.3 is 5.32 Å². The normalized spacial score (nSPS) is 11.4. The maximum absolute atomic E-state index is 4.52. The molecule has 0 amide bonds. The van der Waals surface area contributed by atoms with E-state index in [1.807, 2.05) is 11.7 Å². The molecule has 0 spiro atoms. The molecule has 0 saturated heterocycles. The maximum Gasteiger partial charge on any atom is 0.0766 e. The van der Waals surface area contributed by atoms with Crippen LogP contribution in [-0.2, 0) is 19.9 Å². The number of aryl methyl sites for hydroxylation is 2. The highest BCUT2D eigenvalue weighted by molar-refractivity contribution is 9.10. The predicted octanol–water partition coefficient (Wildman–Crippen LogP) is 3.31. The second-order valence-corrected chi connectivity index (χ2v) is 6.03. The van der Waals surface area contributed by atoms with Gasteiger partial charge in [0.25, 0.3) is 0 Å². The lowest BCUT2D eigenvalue weighted by atomic mass is 10.1. The molecule has 0 aromatic carbocycles. The van der Waals surface area contributed by atoms with E-state index in [0.29, 0.717) is 0 Å². The minimum Gasteiger partial charge on any atom is -0.316 e. The Labute approximate surface area is 119 Å². The van der Waals surface area contributed by atoms with E-state index in [1.165, 1.54) is 28.7 Å². The van der Waals surface area contributed by atoms with Crippen LogP contribution in [-0.4, -0.2) is 22.9 Å². The van der Waals surface area contributed by atoms with Crippen LogP contribution < -0.4 is 5.32 Å². The molecule has 0 aliphatic heterocycles. The SMILES string of the molecule is CCc1nn(C)c(CCCCNCC(C)C)c1Br. The Balaban J connectivity index is 2.29. The number of unbranched alkanes of at least 4 members (excludes halogenated alkanes) is 1. The van der Waals surface area contributed by atoms with Crippen molar-refractivity contribution in [1.29, 1.82) is 0 Å². The Morgan fingerprint density at radius 1 is 1.33 bits per heavy atom. The second-order valence-electron chi connectivity index (χ2n) is 5.24. The molecular formula is C14H26BrN3. The molecule has 1 heterocycles. The van der Waals surface area contributed by atoms with Crippen molar-refractivity contribution in [3.05, 3.63) is 15.9 Å². The highest BCUT2D eigenvalue weighted by Crippen LogP contribution is 2.22. The highest BCUT2D eigenvalue weighted by Gasteiger charge is 2.11. The monoisotopic (exact) mass is 315 g/mol. The number of rotatable bonds is 8.